The molecule has 0 unspecified atom stereocenters. The van der Waals surface area contributed by atoms with Crippen LogP contribution in [0, 0.1) is 6.92 Å². The number of amides is 1. The number of nitrogen functional groups attached to an aromatic ring is 1. The zero-order valence-corrected chi connectivity index (χ0v) is 11.0. The second-order valence-electron chi connectivity index (χ2n) is 3.71. The molecule has 1 aromatic rings. The van der Waals surface area contributed by atoms with E-state index in [4.69, 9.17) is 5.73 Å². The molecule has 6 heteroatoms. The van der Waals surface area contributed by atoms with Crippen LogP contribution in [0.1, 0.15) is 25.5 Å². The molecule has 0 bridgehead atoms. The lowest BCUT2D eigenvalue weighted by Gasteiger charge is -2.04. The Kier molecular flexibility index (Phi) is 5.76. The lowest BCUT2D eigenvalue weighted by atomic mass is 10.3. The van der Waals surface area contributed by atoms with Crippen LogP contribution in [0.2, 0.25) is 0 Å². The highest BCUT2D eigenvalue weighted by molar-refractivity contribution is 7.99. The highest BCUT2D eigenvalue weighted by Gasteiger charge is 2.05. The minimum absolute atomic E-state index is 0.00660. The number of carbonyl (C=O) groups excluding carboxylic acids is 1. The minimum atomic E-state index is 0.00660. The fourth-order valence-corrected chi connectivity index (χ4v) is 1.96. The van der Waals surface area contributed by atoms with Crippen LogP contribution in [0.3, 0.4) is 0 Å². The molecule has 0 saturated carbocycles. The molecule has 1 rings (SSSR count). The molecule has 1 aromatic heterocycles. The number of nitrogens with zero attached hydrogens (tertiary/aromatic N) is 2. The molecule has 3 N–H and O–H groups in total. The van der Waals surface area contributed by atoms with E-state index in [1.807, 2.05) is 6.92 Å². The Morgan fingerprint density at radius 1 is 1.53 bits per heavy atom. The van der Waals surface area contributed by atoms with Crippen molar-refractivity contribution in [1.82, 2.24) is 15.3 Å². The van der Waals surface area contributed by atoms with Crippen molar-refractivity contribution >= 4 is 23.5 Å². The van der Waals surface area contributed by atoms with Gasteiger partial charge in [0.2, 0.25) is 5.91 Å². The summed E-state index contributed by atoms with van der Waals surface area (Å²) in [5, 5.41) is 3.39. The second kappa shape index (κ2) is 7.11. The van der Waals surface area contributed by atoms with E-state index in [1.165, 1.54) is 11.8 Å². The average Bonchev–Trinajstić information content (AvgIpc) is 2.25. The Labute approximate surface area is 106 Å². The molecular formula is C11H18N4OS. The van der Waals surface area contributed by atoms with E-state index in [9.17, 15) is 4.79 Å². The SMILES string of the molecule is CCCCNC(=O)CSc1nc(C)cc(N)n1. The van der Waals surface area contributed by atoms with E-state index >= 15 is 0 Å². The van der Waals surface area contributed by atoms with Crippen molar-refractivity contribution < 1.29 is 4.79 Å². The van der Waals surface area contributed by atoms with Crippen LogP contribution in [-0.2, 0) is 4.79 Å². The summed E-state index contributed by atoms with van der Waals surface area (Å²) in [5.41, 5.74) is 6.41. The van der Waals surface area contributed by atoms with Gasteiger partial charge in [-0.05, 0) is 13.3 Å². The number of carbonyl (C=O) groups is 1. The van der Waals surface area contributed by atoms with Crippen LogP contribution < -0.4 is 11.1 Å². The fourth-order valence-electron chi connectivity index (χ4n) is 1.22. The van der Waals surface area contributed by atoms with Crippen LogP contribution in [0.25, 0.3) is 0 Å². The smallest absolute Gasteiger partial charge is 0.230 e. The third-order valence-electron chi connectivity index (χ3n) is 2.04. The third-order valence-corrected chi connectivity index (χ3v) is 2.89. The van der Waals surface area contributed by atoms with E-state index in [0.717, 1.165) is 25.1 Å². The van der Waals surface area contributed by atoms with Crippen LogP contribution in [0.4, 0.5) is 5.82 Å². The molecule has 0 aromatic carbocycles. The molecule has 0 aliphatic carbocycles. The van der Waals surface area contributed by atoms with Gasteiger partial charge in [0.15, 0.2) is 5.16 Å². The average molecular weight is 254 g/mol. The van der Waals surface area contributed by atoms with Gasteiger partial charge >= 0.3 is 0 Å². The number of nitrogens with two attached hydrogens (primary N) is 1. The predicted molar refractivity (Wildman–Crippen MR) is 69.8 cm³/mol. The molecule has 5 nitrogen and oxygen atoms in total. The summed E-state index contributed by atoms with van der Waals surface area (Å²) < 4.78 is 0. The molecule has 1 amide bonds. The molecule has 0 spiro atoms. The summed E-state index contributed by atoms with van der Waals surface area (Å²) in [6.07, 6.45) is 2.08. The Morgan fingerprint density at radius 3 is 2.94 bits per heavy atom. The van der Waals surface area contributed by atoms with Crippen molar-refractivity contribution in [2.75, 3.05) is 18.0 Å². The normalized spacial score (nSPS) is 10.2. The molecule has 0 fully saturated rings. The topological polar surface area (TPSA) is 80.9 Å². The quantitative estimate of drug-likeness (QED) is 0.455. The lowest BCUT2D eigenvalue weighted by molar-refractivity contribution is -0.118. The van der Waals surface area contributed by atoms with Crippen molar-refractivity contribution in [3.63, 3.8) is 0 Å². The van der Waals surface area contributed by atoms with Gasteiger partial charge < -0.3 is 11.1 Å². The Balaban J connectivity index is 2.36. The van der Waals surface area contributed by atoms with E-state index < -0.39 is 0 Å². The van der Waals surface area contributed by atoms with Gasteiger partial charge in [0, 0.05) is 18.3 Å². The van der Waals surface area contributed by atoms with Gasteiger partial charge in [-0.3, -0.25) is 4.79 Å². The molecule has 0 saturated heterocycles. The number of nitrogens with one attached hydrogen (secondary N) is 1. The van der Waals surface area contributed by atoms with Crippen molar-refractivity contribution in [2.45, 2.75) is 31.8 Å². The lowest BCUT2D eigenvalue weighted by Crippen LogP contribution is -2.26. The maximum atomic E-state index is 11.4. The molecular weight excluding hydrogens is 236 g/mol. The molecule has 0 aliphatic heterocycles. The largest absolute Gasteiger partial charge is 0.384 e. The molecule has 94 valence electrons. The standard InChI is InChI=1S/C11H18N4OS/c1-3-4-5-13-10(16)7-17-11-14-8(2)6-9(12)15-11/h6H,3-5,7H2,1-2H3,(H,13,16)(H2,12,14,15). The minimum Gasteiger partial charge on any atom is -0.384 e. The molecule has 17 heavy (non-hydrogen) atoms. The zero-order chi connectivity index (χ0) is 12.7. The van der Waals surface area contributed by atoms with Gasteiger partial charge in [-0.15, -0.1) is 0 Å². The van der Waals surface area contributed by atoms with Crippen LogP contribution in [-0.4, -0.2) is 28.2 Å². The highest BCUT2D eigenvalue weighted by atomic mass is 32.2. The molecule has 1 heterocycles. The van der Waals surface area contributed by atoms with Gasteiger partial charge in [0.05, 0.1) is 5.75 Å². The van der Waals surface area contributed by atoms with Crippen molar-refractivity contribution in [1.29, 1.82) is 0 Å². The first-order chi connectivity index (χ1) is 8.11. The van der Waals surface area contributed by atoms with Gasteiger partial charge in [0.1, 0.15) is 5.82 Å². The van der Waals surface area contributed by atoms with Gasteiger partial charge in [-0.25, -0.2) is 9.97 Å². The van der Waals surface area contributed by atoms with Crippen molar-refractivity contribution in [3.8, 4) is 0 Å². The van der Waals surface area contributed by atoms with Gasteiger partial charge in [-0.2, -0.15) is 0 Å². The zero-order valence-electron chi connectivity index (χ0n) is 10.2. The first kappa shape index (κ1) is 13.8. The van der Waals surface area contributed by atoms with Crippen molar-refractivity contribution in [3.05, 3.63) is 11.8 Å². The molecule has 0 radical (unpaired) electrons. The number of hydrogen-bond acceptors (Lipinski definition) is 5. The Hall–Kier alpha value is -1.30. The number of aromatic nitrogens is 2. The predicted octanol–water partition coefficient (Wildman–Crippen LogP) is 1.38. The highest BCUT2D eigenvalue weighted by Crippen LogP contribution is 2.14. The van der Waals surface area contributed by atoms with E-state index in [2.05, 4.69) is 22.2 Å². The molecule has 0 atom stereocenters. The number of rotatable bonds is 6. The van der Waals surface area contributed by atoms with Crippen molar-refractivity contribution in [2.24, 2.45) is 0 Å². The fraction of sp³-hybridized carbons (Fsp3) is 0.545. The first-order valence-electron chi connectivity index (χ1n) is 5.62. The number of thioether (sulfide) groups is 1. The number of aryl methyl sites for hydroxylation is 1. The summed E-state index contributed by atoms with van der Waals surface area (Å²) in [6, 6.07) is 1.70. The number of anilines is 1. The summed E-state index contributed by atoms with van der Waals surface area (Å²) >= 11 is 1.30. The summed E-state index contributed by atoms with van der Waals surface area (Å²) in [5.74, 6) is 0.769. The maximum Gasteiger partial charge on any atom is 0.230 e. The van der Waals surface area contributed by atoms with E-state index in [-0.39, 0.29) is 5.91 Å². The third kappa shape index (κ3) is 5.53. The van der Waals surface area contributed by atoms with Crippen LogP contribution in [0.5, 0.6) is 0 Å². The van der Waals surface area contributed by atoms with Crippen LogP contribution in [0.15, 0.2) is 11.2 Å². The Morgan fingerprint density at radius 2 is 2.29 bits per heavy atom. The monoisotopic (exact) mass is 254 g/mol. The van der Waals surface area contributed by atoms with Crippen LogP contribution >= 0.6 is 11.8 Å². The van der Waals surface area contributed by atoms with Gasteiger partial charge in [0.25, 0.3) is 0 Å². The van der Waals surface area contributed by atoms with Gasteiger partial charge in [-0.1, -0.05) is 25.1 Å². The number of hydrogen-bond donors (Lipinski definition) is 2. The summed E-state index contributed by atoms with van der Waals surface area (Å²) in [6.45, 7) is 4.67. The molecule has 0 aliphatic rings. The summed E-state index contributed by atoms with van der Waals surface area (Å²) in [7, 11) is 0. The van der Waals surface area contributed by atoms with E-state index in [1.54, 1.807) is 6.07 Å². The summed E-state index contributed by atoms with van der Waals surface area (Å²) in [4.78, 5) is 19.7. The number of unbranched alkanes of at least 4 members (excludes halogenated alkanes) is 1. The second-order valence-corrected chi connectivity index (χ2v) is 4.65. The van der Waals surface area contributed by atoms with E-state index in [0.29, 0.717) is 16.7 Å². The maximum absolute atomic E-state index is 11.4. The first-order valence-corrected chi connectivity index (χ1v) is 6.61. The Bertz CT molecular complexity index is 363.